The van der Waals surface area contributed by atoms with Gasteiger partial charge in [-0.15, -0.1) is 5.10 Å². The molecular weight excluding hydrogens is 456 g/mol. The van der Waals surface area contributed by atoms with E-state index in [9.17, 15) is 0 Å². The van der Waals surface area contributed by atoms with Crippen LogP contribution in [0.5, 0.6) is 5.88 Å². The molecule has 0 aliphatic carbocycles. The van der Waals surface area contributed by atoms with Crippen molar-refractivity contribution in [3.8, 4) is 17.0 Å². The van der Waals surface area contributed by atoms with Crippen molar-refractivity contribution in [1.82, 2.24) is 19.5 Å². The third kappa shape index (κ3) is 4.62. The smallest absolute Gasteiger partial charge is 0.244 e. The number of piperidine rings is 1. The lowest BCUT2D eigenvalue weighted by atomic mass is 9.78. The van der Waals surface area contributed by atoms with E-state index in [0.29, 0.717) is 23.6 Å². The number of nitrogens with zero attached hydrogens (tertiary/aromatic N) is 5. The quantitative estimate of drug-likeness (QED) is 0.387. The van der Waals surface area contributed by atoms with Gasteiger partial charge in [0, 0.05) is 36.9 Å². The van der Waals surface area contributed by atoms with Crippen LogP contribution in [0.1, 0.15) is 34.1 Å². The van der Waals surface area contributed by atoms with Crippen LogP contribution < -0.4 is 15.4 Å². The molecule has 1 aromatic carbocycles. The molecule has 2 aliphatic heterocycles. The predicted octanol–water partition coefficient (Wildman–Crippen LogP) is 4.80. The molecule has 0 unspecified atom stereocenters. The Morgan fingerprint density at radius 2 is 2.06 bits per heavy atom. The molecule has 0 radical (unpaired) electrons. The Hall–Kier alpha value is -3.24. The molecule has 5 rings (SSSR count). The number of benzene rings is 1. The van der Waals surface area contributed by atoms with Gasteiger partial charge in [0.15, 0.2) is 0 Å². The summed E-state index contributed by atoms with van der Waals surface area (Å²) in [4.78, 5) is 7.31. The molecule has 4 heterocycles. The van der Waals surface area contributed by atoms with E-state index >= 15 is 0 Å². The lowest BCUT2D eigenvalue weighted by Gasteiger charge is -2.49. The average Bonchev–Trinajstić information content (AvgIpc) is 3.22. The Balaban J connectivity index is 1.43. The monoisotopic (exact) mass is 492 g/mol. The second-order valence-electron chi connectivity index (χ2n) is 10.7. The summed E-state index contributed by atoms with van der Waals surface area (Å²) < 4.78 is 13.0. The van der Waals surface area contributed by atoms with Gasteiger partial charge in [0.2, 0.25) is 11.8 Å². The van der Waals surface area contributed by atoms with E-state index < -0.39 is 0 Å². The summed E-state index contributed by atoms with van der Waals surface area (Å²) >= 11 is 0. The molecule has 2 saturated heterocycles. The van der Waals surface area contributed by atoms with Crippen molar-refractivity contribution in [2.24, 2.45) is 10.5 Å². The van der Waals surface area contributed by atoms with Crippen LogP contribution in [-0.2, 0) is 4.74 Å². The van der Waals surface area contributed by atoms with Gasteiger partial charge in [-0.2, -0.15) is 10.1 Å². The zero-order valence-electron chi connectivity index (χ0n) is 21.7. The van der Waals surface area contributed by atoms with Crippen LogP contribution in [0, 0.1) is 10.9 Å². The Labute approximate surface area is 211 Å². The molecule has 0 bridgehead atoms. The van der Waals surface area contributed by atoms with E-state index in [1.165, 1.54) is 0 Å². The Kier molecular flexibility index (Phi) is 6.57. The Morgan fingerprint density at radius 3 is 2.69 bits per heavy atom. The van der Waals surface area contributed by atoms with Crippen LogP contribution >= 0.6 is 0 Å². The minimum Gasteiger partial charge on any atom is -0.479 e. The van der Waals surface area contributed by atoms with E-state index in [2.05, 4.69) is 48.3 Å². The number of aromatic nitrogens is 3. The maximum atomic E-state index is 7.50. The van der Waals surface area contributed by atoms with Gasteiger partial charge in [0.1, 0.15) is 11.2 Å². The van der Waals surface area contributed by atoms with Crippen molar-refractivity contribution < 1.29 is 9.47 Å². The van der Waals surface area contributed by atoms with Gasteiger partial charge in [-0.3, -0.25) is 4.90 Å². The first-order valence-electron chi connectivity index (χ1n) is 12.6. The number of nitrogens with one attached hydrogen (secondary N) is 3. The number of fused-ring (bicyclic) bond motifs is 1. The minimum atomic E-state index is 0.0612. The van der Waals surface area contributed by atoms with Crippen LogP contribution in [0.3, 0.4) is 0 Å². The highest BCUT2D eigenvalue weighted by molar-refractivity contribution is 5.87. The molecule has 10 nitrogen and oxygen atoms in total. The summed E-state index contributed by atoms with van der Waals surface area (Å²) in [6.07, 6.45) is 2.95. The fourth-order valence-electron chi connectivity index (χ4n) is 5.22. The first-order chi connectivity index (χ1) is 17.3. The van der Waals surface area contributed by atoms with Gasteiger partial charge in [-0.05, 0) is 49.4 Å². The molecule has 0 amide bonds. The fourth-order valence-corrected chi connectivity index (χ4v) is 5.22. The van der Waals surface area contributed by atoms with Crippen LogP contribution in [-0.4, -0.2) is 71.0 Å². The first-order valence-corrected chi connectivity index (χ1v) is 12.6. The molecule has 0 saturated carbocycles. The molecule has 3 aromatic rings. The maximum absolute atomic E-state index is 7.50. The average molecular weight is 493 g/mol. The third-order valence-electron chi connectivity index (χ3n) is 7.24. The van der Waals surface area contributed by atoms with Gasteiger partial charge < -0.3 is 20.1 Å². The van der Waals surface area contributed by atoms with Crippen molar-refractivity contribution in [2.75, 3.05) is 44.0 Å². The number of ether oxygens (including phenoxy) is 2. The Bertz CT molecular complexity index is 1250. The van der Waals surface area contributed by atoms with Gasteiger partial charge in [0.25, 0.3) is 0 Å². The zero-order valence-corrected chi connectivity index (χ0v) is 21.7. The number of rotatable bonds is 8. The van der Waals surface area contributed by atoms with Crippen LogP contribution in [0.15, 0.2) is 35.6 Å². The molecule has 2 aromatic heterocycles. The lowest BCUT2D eigenvalue weighted by molar-refractivity contribution is -0.0860. The topological polar surface area (TPSA) is 112 Å². The minimum absolute atomic E-state index is 0.0612. The largest absolute Gasteiger partial charge is 0.479 e. The highest BCUT2D eigenvalue weighted by Gasteiger charge is 2.40. The summed E-state index contributed by atoms with van der Waals surface area (Å²) in [5, 5.41) is 15.4. The fraction of sp³-hybridized carbons (Fsp3) is 0.538. The van der Waals surface area contributed by atoms with E-state index in [1.54, 1.807) is 7.11 Å². The highest BCUT2D eigenvalue weighted by Crippen LogP contribution is 2.37. The van der Waals surface area contributed by atoms with Gasteiger partial charge in [-0.1, -0.05) is 19.9 Å². The van der Waals surface area contributed by atoms with Crippen molar-refractivity contribution in [3.05, 3.63) is 30.5 Å². The molecule has 2 fully saturated rings. The first kappa shape index (κ1) is 24.5. The van der Waals surface area contributed by atoms with Crippen LogP contribution in [0.2, 0.25) is 0 Å². The maximum Gasteiger partial charge on any atom is 0.244 e. The van der Waals surface area contributed by atoms with Gasteiger partial charge in [-0.25, -0.2) is 10.0 Å². The number of hydrogen-bond donors (Lipinski definition) is 3. The molecule has 36 heavy (non-hydrogen) atoms. The molecular formula is C26H36N8O2. The summed E-state index contributed by atoms with van der Waals surface area (Å²) in [5.74, 6) is 1.08. The third-order valence-corrected chi connectivity index (χ3v) is 7.24. The standard InChI is InChI=1S/C26H36N8O2/c1-16(2)28-21-12-17(6-7-20(21)31-27)19-8-11-34-23(19)24(35-5)30-25(32-34)29-22-9-10-33(15-26(22,3)4)18-13-36-14-18/h6-8,11-12,16,18,22,27-28H,9-10,13-15H2,1-5H3,(H,29,32)/t22-/m0/s1. The zero-order chi connectivity index (χ0) is 25.4. The van der Waals surface area contributed by atoms with Gasteiger partial charge in [0.05, 0.1) is 32.1 Å². The SMILES string of the molecule is COc1nc(N[C@H]2CCN(C3COC3)CC2(C)C)nn2ccc(-c3ccc(N=N)c(NC(C)C)c3)c12. The molecule has 2 aliphatic rings. The second kappa shape index (κ2) is 9.67. The molecule has 1 atom stereocenters. The van der Waals surface area contributed by atoms with Crippen molar-refractivity contribution in [1.29, 1.82) is 5.53 Å². The summed E-state index contributed by atoms with van der Waals surface area (Å²) in [7, 11) is 1.64. The van der Waals surface area contributed by atoms with E-state index in [1.807, 2.05) is 35.0 Å². The molecule has 3 N–H and O–H groups in total. The van der Waals surface area contributed by atoms with E-state index in [4.69, 9.17) is 25.1 Å². The molecule has 192 valence electrons. The van der Waals surface area contributed by atoms with Gasteiger partial charge >= 0.3 is 0 Å². The molecule has 0 spiro atoms. The molecule has 10 heteroatoms. The number of likely N-dealkylation sites (tertiary alicyclic amines) is 1. The van der Waals surface area contributed by atoms with Crippen molar-refractivity contribution in [2.45, 2.75) is 52.2 Å². The van der Waals surface area contributed by atoms with Crippen molar-refractivity contribution >= 4 is 22.8 Å². The number of methoxy groups -OCH3 is 1. The number of anilines is 2. The van der Waals surface area contributed by atoms with E-state index in [-0.39, 0.29) is 17.5 Å². The second-order valence-corrected chi connectivity index (χ2v) is 10.7. The lowest BCUT2D eigenvalue weighted by Crippen LogP contribution is -2.59. The Morgan fingerprint density at radius 1 is 1.25 bits per heavy atom. The van der Waals surface area contributed by atoms with Crippen molar-refractivity contribution in [3.63, 3.8) is 0 Å². The summed E-state index contributed by atoms with van der Waals surface area (Å²) in [6, 6.07) is 8.86. The highest BCUT2D eigenvalue weighted by atomic mass is 16.5. The van der Waals surface area contributed by atoms with Crippen LogP contribution in [0.25, 0.3) is 16.6 Å². The van der Waals surface area contributed by atoms with E-state index in [0.717, 1.165) is 55.1 Å². The normalized spacial score (nSPS) is 20.3. The summed E-state index contributed by atoms with van der Waals surface area (Å²) in [5.41, 5.74) is 11.7. The number of hydrogen-bond acceptors (Lipinski definition) is 9. The van der Waals surface area contributed by atoms with Crippen LogP contribution in [0.4, 0.5) is 17.3 Å². The summed E-state index contributed by atoms with van der Waals surface area (Å²) in [6.45, 7) is 12.5. The predicted molar refractivity (Wildman–Crippen MR) is 141 cm³/mol.